The topological polar surface area (TPSA) is 15.3 Å². The van der Waals surface area contributed by atoms with Crippen LogP contribution in [-0.4, -0.2) is 30.6 Å². The van der Waals surface area contributed by atoms with Crippen molar-refractivity contribution in [3.8, 4) is 0 Å². The maximum Gasteiger partial charge on any atom is 0.0451 e. The highest BCUT2D eigenvalue weighted by molar-refractivity contribution is 6.31. The lowest BCUT2D eigenvalue weighted by Gasteiger charge is -2.27. The fourth-order valence-corrected chi connectivity index (χ4v) is 3.01. The third-order valence-corrected chi connectivity index (χ3v) is 3.98. The first-order chi connectivity index (χ1) is 9.15. The van der Waals surface area contributed by atoms with Crippen LogP contribution in [0.1, 0.15) is 32.3 Å². The van der Waals surface area contributed by atoms with Crippen LogP contribution in [0, 0.1) is 5.92 Å². The van der Waals surface area contributed by atoms with E-state index >= 15 is 0 Å². The van der Waals surface area contributed by atoms with E-state index in [0.29, 0.717) is 12.0 Å². The van der Waals surface area contributed by atoms with Gasteiger partial charge in [0.1, 0.15) is 0 Å². The molecule has 0 saturated carbocycles. The lowest BCUT2D eigenvalue weighted by atomic mass is 10.1. The summed E-state index contributed by atoms with van der Waals surface area (Å²) >= 11 is 6.28. The van der Waals surface area contributed by atoms with Crippen molar-refractivity contribution in [1.29, 1.82) is 0 Å². The Morgan fingerprint density at radius 3 is 2.79 bits per heavy atom. The molecule has 106 valence electrons. The van der Waals surface area contributed by atoms with Crippen LogP contribution in [0.2, 0.25) is 5.02 Å². The molecule has 1 unspecified atom stereocenters. The van der Waals surface area contributed by atoms with Crippen LogP contribution in [0.15, 0.2) is 24.3 Å². The summed E-state index contributed by atoms with van der Waals surface area (Å²) in [6.07, 6.45) is 2.61. The summed E-state index contributed by atoms with van der Waals surface area (Å²) < 4.78 is 0. The number of nitrogens with one attached hydrogen (secondary N) is 1. The Morgan fingerprint density at radius 2 is 2.16 bits per heavy atom. The van der Waals surface area contributed by atoms with Crippen LogP contribution < -0.4 is 5.32 Å². The van der Waals surface area contributed by atoms with Crippen LogP contribution in [0.3, 0.4) is 0 Å². The van der Waals surface area contributed by atoms with Crippen molar-refractivity contribution < 1.29 is 0 Å². The van der Waals surface area contributed by atoms with Crippen molar-refractivity contribution in [2.75, 3.05) is 19.6 Å². The number of nitrogens with zero attached hydrogens (tertiary/aromatic N) is 1. The fourth-order valence-electron chi connectivity index (χ4n) is 2.81. The zero-order valence-electron chi connectivity index (χ0n) is 12.0. The van der Waals surface area contributed by atoms with E-state index in [1.54, 1.807) is 0 Å². The molecular formula is C16H25ClN2. The Labute approximate surface area is 122 Å². The van der Waals surface area contributed by atoms with Gasteiger partial charge in [0.15, 0.2) is 0 Å². The number of hydrogen-bond acceptors (Lipinski definition) is 2. The standard InChI is InChI=1S/C16H25ClN2/c1-13(2)10-19(12-15-7-5-9-18-15)11-14-6-3-4-8-16(14)17/h3-4,6,8,13,15,18H,5,7,9-12H2,1-2H3. The molecule has 1 N–H and O–H groups in total. The molecule has 2 nitrogen and oxygen atoms in total. The smallest absolute Gasteiger partial charge is 0.0451 e. The molecule has 2 rings (SSSR count). The third kappa shape index (κ3) is 4.79. The average molecular weight is 281 g/mol. The molecule has 19 heavy (non-hydrogen) atoms. The molecule has 0 radical (unpaired) electrons. The molecule has 1 aliphatic rings. The second-order valence-electron chi connectivity index (χ2n) is 5.97. The summed E-state index contributed by atoms with van der Waals surface area (Å²) in [7, 11) is 0. The van der Waals surface area contributed by atoms with E-state index in [-0.39, 0.29) is 0 Å². The first-order valence-electron chi connectivity index (χ1n) is 7.34. The highest BCUT2D eigenvalue weighted by atomic mass is 35.5. The van der Waals surface area contributed by atoms with Gasteiger partial charge in [-0.25, -0.2) is 0 Å². The van der Waals surface area contributed by atoms with Gasteiger partial charge in [-0.3, -0.25) is 4.90 Å². The van der Waals surface area contributed by atoms with Crippen LogP contribution >= 0.6 is 11.6 Å². The highest BCUT2D eigenvalue weighted by Gasteiger charge is 2.19. The van der Waals surface area contributed by atoms with E-state index in [1.165, 1.54) is 24.9 Å². The quantitative estimate of drug-likeness (QED) is 0.857. The van der Waals surface area contributed by atoms with E-state index in [9.17, 15) is 0 Å². The second kappa shape index (κ2) is 7.28. The summed E-state index contributed by atoms with van der Waals surface area (Å²) in [6, 6.07) is 8.84. The normalized spacial score (nSPS) is 19.5. The van der Waals surface area contributed by atoms with Gasteiger partial charge >= 0.3 is 0 Å². The first kappa shape index (κ1) is 14.8. The van der Waals surface area contributed by atoms with Crippen LogP contribution in [0.4, 0.5) is 0 Å². The van der Waals surface area contributed by atoms with Crippen molar-refractivity contribution in [2.45, 2.75) is 39.3 Å². The molecule has 0 spiro atoms. The van der Waals surface area contributed by atoms with E-state index in [2.05, 4.69) is 36.2 Å². The van der Waals surface area contributed by atoms with Crippen molar-refractivity contribution in [1.82, 2.24) is 10.2 Å². The maximum absolute atomic E-state index is 6.28. The summed E-state index contributed by atoms with van der Waals surface area (Å²) in [6.45, 7) is 8.94. The zero-order chi connectivity index (χ0) is 13.7. The molecule has 0 amide bonds. The summed E-state index contributed by atoms with van der Waals surface area (Å²) in [5, 5.41) is 4.47. The molecule has 1 heterocycles. The Balaban J connectivity index is 1.98. The SMILES string of the molecule is CC(C)CN(Cc1ccccc1Cl)CC1CCCN1. The van der Waals surface area contributed by atoms with Crippen molar-refractivity contribution in [2.24, 2.45) is 5.92 Å². The Morgan fingerprint density at radius 1 is 1.37 bits per heavy atom. The monoisotopic (exact) mass is 280 g/mol. The minimum absolute atomic E-state index is 0.654. The number of hydrogen-bond donors (Lipinski definition) is 1. The molecule has 1 fully saturated rings. The van der Waals surface area contributed by atoms with Gasteiger partial charge in [-0.1, -0.05) is 43.6 Å². The van der Waals surface area contributed by atoms with Gasteiger partial charge in [0, 0.05) is 30.7 Å². The Kier molecular flexibility index (Phi) is 5.68. The third-order valence-electron chi connectivity index (χ3n) is 3.62. The van der Waals surface area contributed by atoms with Crippen LogP contribution in [-0.2, 0) is 6.54 Å². The molecule has 0 aromatic heterocycles. The second-order valence-corrected chi connectivity index (χ2v) is 6.38. The van der Waals surface area contributed by atoms with Crippen molar-refractivity contribution in [3.05, 3.63) is 34.9 Å². The van der Waals surface area contributed by atoms with Gasteiger partial charge in [0.25, 0.3) is 0 Å². The molecule has 3 heteroatoms. The molecular weight excluding hydrogens is 256 g/mol. The predicted octanol–water partition coefficient (Wildman–Crippen LogP) is 3.55. The number of rotatable bonds is 6. The van der Waals surface area contributed by atoms with Crippen molar-refractivity contribution in [3.63, 3.8) is 0 Å². The van der Waals surface area contributed by atoms with Crippen LogP contribution in [0.5, 0.6) is 0 Å². The minimum Gasteiger partial charge on any atom is -0.313 e. The minimum atomic E-state index is 0.654. The average Bonchev–Trinajstić information content (AvgIpc) is 2.84. The molecule has 1 aliphatic heterocycles. The lowest BCUT2D eigenvalue weighted by Crippen LogP contribution is -2.39. The van der Waals surface area contributed by atoms with E-state index in [1.807, 2.05) is 12.1 Å². The van der Waals surface area contributed by atoms with Gasteiger partial charge in [-0.2, -0.15) is 0 Å². The number of benzene rings is 1. The number of halogens is 1. The molecule has 1 aromatic carbocycles. The lowest BCUT2D eigenvalue weighted by molar-refractivity contribution is 0.216. The molecule has 1 aromatic rings. The molecule has 1 saturated heterocycles. The fraction of sp³-hybridized carbons (Fsp3) is 0.625. The summed E-state index contributed by atoms with van der Waals surface area (Å²) in [5.41, 5.74) is 1.24. The first-order valence-corrected chi connectivity index (χ1v) is 7.72. The van der Waals surface area contributed by atoms with E-state index < -0.39 is 0 Å². The van der Waals surface area contributed by atoms with E-state index in [0.717, 1.165) is 24.7 Å². The van der Waals surface area contributed by atoms with Gasteiger partial charge in [0.2, 0.25) is 0 Å². The van der Waals surface area contributed by atoms with Gasteiger partial charge in [0.05, 0.1) is 0 Å². The largest absolute Gasteiger partial charge is 0.313 e. The van der Waals surface area contributed by atoms with Gasteiger partial charge in [-0.15, -0.1) is 0 Å². The molecule has 0 aliphatic carbocycles. The zero-order valence-corrected chi connectivity index (χ0v) is 12.8. The van der Waals surface area contributed by atoms with Crippen LogP contribution in [0.25, 0.3) is 0 Å². The summed E-state index contributed by atoms with van der Waals surface area (Å²) in [5.74, 6) is 0.684. The van der Waals surface area contributed by atoms with Crippen molar-refractivity contribution >= 4 is 11.6 Å². The Bertz CT molecular complexity index is 386. The van der Waals surface area contributed by atoms with Gasteiger partial charge in [-0.05, 0) is 36.9 Å². The Hall–Kier alpha value is -0.570. The highest BCUT2D eigenvalue weighted by Crippen LogP contribution is 2.18. The molecule has 0 bridgehead atoms. The molecule has 1 atom stereocenters. The predicted molar refractivity (Wildman–Crippen MR) is 82.6 cm³/mol. The maximum atomic E-state index is 6.28. The summed E-state index contributed by atoms with van der Waals surface area (Å²) in [4.78, 5) is 2.54. The van der Waals surface area contributed by atoms with Gasteiger partial charge < -0.3 is 5.32 Å². The van der Waals surface area contributed by atoms with E-state index in [4.69, 9.17) is 11.6 Å².